The van der Waals surface area contributed by atoms with Crippen molar-refractivity contribution in [3.63, 3.8) is 0 Å². The molecule has 0 aromatic heterocycles. The van der Waals surface area contributed by atoms with Gasteiger partial charge in [0.05, 0.1) is 19.8 Å². The summed E-state index contributed by atoms with van der Waals surface area (Å²) < 4.78 is 33.8. The van der Waals surface area contributed by atoms with Gasteiger partial charge in [0.25, 0.3) is 0 Å². The average Bonchev–Trinajstić information content (AvgIpc) is 2.34. The Morgan fingerprint density at radius 1 is 1.42 bits per heavy atom. The van der Waals surface area contributed by atoms with E-state index < -0.39 is 10.1 Å². The fourth-order valence-corrected chi connectivity index (χ4v) is 2.43. The summed E-state index contributed by atoms with van der Waals surface area (Å²) in [7, 11) is -3.83. The van der Waals surface area contributed by atoms with E-state index in [-0.39, 0.29) is 30.4 Å². The third-order valence-electron chi connectivity index (χ3n) is 2.15. The molecule has 0 aliphatic carbocycles. The van der Waals surface area contributed by atoms with E-state index >= 15 is 0 Å². The molecule has 0 heterocycles. The van der Waals surface area contributed by atoms with E-state index in [2.05, 4.69) is 10.0 Å². The van der Waals surface area contributed by atoms with Gasteiger partial charge in [-0.15, -0.1) is 0 Å². The first kappa shape index (κ1) is 15.3. The SMILES string of the molecule is CCOS(=O)(=O)c1ccc(C)cc1OCCN=[N+]=[N-]. The number of benzene rings is 1. The Bertz CT molecular complexity index is 580. The molecule has 7 nitrogen and oxygen atoms in total. The molecule has 8 heteroatoms. The van der Waals surface area contributed by atoms with Crippen molar-refractivity contribution in [1.82, 2.24) is 0 Å². The highest BCUT2D eigenvalue weighted by atomic mass is 32.2. The van der Waals surface area contributed by atoms with Gasteiger partial charge in [-0.2, -0.15) is 8.42 Å². The molecule has 0 atom stereocenters. The fraction of sp³-hybridized carbons (Fsp3) is 0.455. The molecule has 0 N–H and O–H groups in total. The molecule has 0 unspecified atom stereocenters. The molecule has 0 fully saturated rings. The van der Waals surface area contributed by atoms with Crippen molar-refractivity contribution in [1.29, 1.82) is 0 Å². The highest BCUT2D eigenvalue weighted by molar-refractivity contribution is 7.86. The monoisotopic (exact) mass is 285 g/mol. The number of aryl methyl sites for hydroxylation is 1. The maximum Gasteiger partial charge on any atom is 0.300 e. The maximum absolute atomic E-state index is 11.9. The summed E-state index contributed by atoms with van der Waals surface area (Å²) in [5.74, 6) is 0.196. The van der Waals surface area contributed by atoms with Crippen LogP contribution in [0.5, 0.6) is 5.75 Å². The van der Waals surface area contributed by atoms with E-state index in [1.54, 1.807) is 19.1 Å². The molecule has 0 bridgehead atoms. The molecule has 1 aromatic rings. The second-order valence-electron chi connectivity index (χ2n) is 3.61. The number of azide groups is 1. The van der Waals surface area contributed by atoms with Gasteiger partial charge in [0.1, 0.15) is 10.6 Å². The van der Waals surface area contributed by atoms with Gasteiger partial charge in [0.2, 0.25) is 0 Å². The smallest absolute Gasteiger partial charge is 0.300 e. The van der Waals surface area contributed by atoms with Crippen LogP contribution in [0, 0.1) is 6.92 Å². The van der Waals surface area contributed by atoms with Gasteiger partial charge in [-0.25, -0.2) is 0 Å². The highest BCUT2D eigenvalue weighted by Crippen LogP contribution is 2.26. The van der Waals surface area contributed by atoms with Crippen molar-refractivity contribution in [2.24, 2.45) is 5.11 Å². The molecule has 0 saturated carbocycles. The molecule has 0 saturated heterocycles. The molecule has 0 spiro atoms. The van der Waals surface area contributed by atoms with Gasteiger partial charge in [-0.05, 0) is 37.1 Å². The van der Waals surface area contributed by atoms with Gasteiger partial charge in [-0.3, -0.25) is 4.18 Å². The van der Waals surface area contributed by atoms with Crippen molar-refractivity contribution in [2.45, 2.75) is 18.7 Å². The first-order valence-electron chi connectivity index (χ1n) is 5.65. The molecule has 1 rings (SSSR count). The van der Waals surface area contributed by atoms with E-state index in [1.807, 2.05) is 6.92 Å². The Kier molecular flexibility index (Phi) is 5.62. The topological polar surface area (TPSA) is 101 Å². The molecule has 104 valence electrons. The minimum atomic E-state index is -3.83. The van der Waals surface area contributed by atoms with Crippen LogP contribution in [0.3, 0.4) is 0 Å². The zero-order valence-corrected chi connectivity index (χ0v) is 11.6. The predicted octanol–water partition coefficient (Wildman–Crippen LogP) is 2.41. The molecule has 0 aliphatic rings. The normalized spacial score (nSPS) is 10.8. The summed E-state index contributed by atoms with van der Waals surface area (Å²) in [4.78, 5) is 2.56. The minimum Gasteiger partial charge on any atom is -0.492 e. The van der Waals surface area contributed by atoms with Gasteiger partial charge in [0, 0.05) is 4.91 Å². The Labute approximate surface area is 111 Å². The number of ether oxygens (including phenoxy) is 1. The van der Waals surface area contributed by atoms with Crippen LogP contribution in [-0.4, -0.2) is 28.2 Å². The van der Waals surface area contributed by atoms with E-state index in [1.165, 1.54) is 6.07 Å². The van der Waals surface area contributed by atoms with Crippen LogP contribution in [0.4, 0.5) is 0 Å². The van der Waals surface area contributed by atoms with Crippen LogP contribution >= 0.6 is 0 Å². The number of nitrogens with zero attached hydrogens (tertiary/aromatic N) is 3. The lowest BCUT2D eigenvalue weighted by atomic mass is 10.2. The van der Waals surface area contributed by atoms with Gasteiger partial charge < -0.3 is 4.74 Å². The minimum absolute atomic E-state index is 0.0270. The lowest BCUT2D eigenvalue weighted by Gasteiger charge is -2.11. The van der Waals surface area contributed by atoms with Crippen molar-refractivity contribution in [2.75, 3.05) is 19.8 Å². The maximum atomic E-state index is 11.9. The van der Waals surface area contributed by atoms with Gasteiger partial charge in [-0.1, -0.05) is 11.2 Å². The average molecular weight is 285 g/mol. The standard InChI is InChI=1S/C11H15N3O4S/c1-3-18-19(15,16)11-5-4-9(2)8-10(11)17-7-6-13-14-12/h4-5,8H,3,6-7H2,1-2H3. The molecule has 1 aromatic carbocycles. The lowest BCUT2D eigenvalue weighted by Crippen LogP contribution is -2.10. The Hall–Kier alpha value is -1.76. The van der Waals surface area contributed by atoms with Crippen molar-refractivity contribution < 1.29 is 17.3 Å². The predicted molar refractivity (Wildman–Crippen MR) is 69.5 cm³/mol. The fourth-order valence-electron chi connectivity index (χ4n) is 1.39. The van der Waals surface area contributed by atoms with E-state index in [9.17, 15) is 8.42 Å². The largest absolute Gasteiger partial charge is 0.492 e. The van der Waals surface area contributed by atoms with E-state index in [0.29, 0.717) is 0 Å². The van der Waals surface area contributed by atoms with Gasteiger partial charge in [0.15, 0.2) is 0 Å². The summed E-state index contributed by atoms with van der Waals surface area (Å²) in [5.41, 5.74) is 9.00. The van der Waals surface area contributed by atoms with Crippen LogP contribution in [0.1, 0.15) is 12.5 Å². The van der Waals surface area contributed by atoms with Crippen LogP contribution < -0.4 is 4.74 Å². The Morgan fingerprint density at radius 2 is 2.16 bits per heavy atom. The molecular weight excluding hydrogens is 270 g/mol. The first-order valence-corrected chi connectivity index (χ1v) is 7.06. The third kappa shape index (κ3) is 4.44. The molecular formula is C11H15N3O4S. The number of hydrogen-bond acceptors (Lipinski definition) is 5. The zero-order valence-electron chi connectivity index (χ0n) is 10.7. The summed E-state index contributed by atoms with van der Waals surface area (Å²) in [5, 5.41) is 3.31. The third-order valence-corrected chi connectivity index (χ3v) is 3.58. The van der Waals surface area contributed by atoms with Crippen molar-refractivity contribution in [3.05, 3.63) is 34.2 Å². The second kappa shape index (κ2) is 6.98. The second-order valence-corrected chi connectivity index (χ2v) is 5.20. The summed E-state index contributed by atoms with van der Waals surface area (Å²) in [6, 6.07) is 4.69. The van der Waals surface area contributed by atoms with E-state index in [4.69, 9.17) is 14.5 Å². The molecule has 0 amide bonds. The summed E-state index contributed by atoms with van der Waals surface area (Å²) in [6.45, 7) is 3.68. The quantitative estimate of drug-likeness (QED) is 0.252. The zero-order chi connectivity index (χ0) is 14.3. The molecule has 19 heavy (non-hydrogen) atoms. The van der Waals surface area contributed by atoms with E-state index in [0.717, 1.165) is 5.56 Å². The van der Waals surface area contributed by atoms with Crippen LogP contribution in [0.2, 0.25) is 0 Å². The van der Waals surface area contributed by atoms with Gasteiger partial charge >= 0.3 is 10.1 Å². The van der Waals surface area contributed by atoms with Crippen LogP contribution in [0.15, 0.2) is 28.2 Å². The molecule has 0 radical (unpaired) electrons. The van der Waals surface area contributed by atoms with Crippen molar-refractivity contribution in [3.8, 4) is 5.75 Å². The first-order chi connectivity index (χ1) is 9.01. The van der Waals surface area contributed by atoms with Crippen LogP contribution in [0.25, 0.3) is 10.4 Å². The van der Waals surface area contributed by atoms with Crippen molar-refractivity contribution >= 4 is 10.1 Å². The summed E-state index contributed by atoms with van der Waals surface area (Å²) in [6.07, 6.45) is 0. The molecule has 0 aliphatic heterocycles. The summed E-state index contributed by atoms with van der Waals surface area (Å²) >= 11 is 0. The number of rotatable bonds is 7. The lowest BCUT2D eigenvalue weighted by molar-refractivity contribution is 0.309. The highest BCUT2D eigenvalue weighted by Gasteiger charge is 2.20. The number of hydrogen-bond donors (Lipinski definition) is 0. The van der Waals surface area contributed by atoms with Crippen LogP contribution in [-0.2, 0) is 14.3 Å². The Balaban J connectivity index is 3.01. The Morgan fingerprint density at radius 3 is 2.79 bits per heavy atom.